The number of fused-ring (bicyclic) bond motifs is 3. The van der Waals surface area contributed by atoms with Gasteiger partial charge >= 0.3 is 17.9 Å². The van der Waals surface area contributed by atoms with Crippen LogP contribution in [0.15, 0.2) is 4.99 Å². The van der Waals surface area contributed by atoms with Gasteiger partial charge in [-0.25, -0.2) is 9.38 Å². The highest BCUT2D eigenvalue weighted by molar-refractivity contribution is 5.73. The fourth-order valence-electron chi connectivity index (χ4n) is 5.23. The van der Waals surface area contributed by atoms with Crippen molar-refractivity contribution in [3.8, 4) is 0 Å². The molecule has 4 saturated heterocycles. The van der Waals surface area contributed by atoms with E-state index in [4.69, 9.17) is 47.4 Å². The Hall–Kier alpha value is -2.43. The molecule has 0 aromatic carbocycles. The van der Waals surface area contributed by atoms with Gasteiger partial charge < -0.3 is 47.4 Å². The lowest BCUT2D eigenvalue weighted by atomic mass is 9.98. The fraction of sp³-hybridized carbons (Fsp3) is 0.846. The molecule has 0 spiro atoms. The largest absolute Gasteiger partial charge is 0.478 e. The van der Waals surface area contributed by atoms with Crippen LogP contribution < -0.4 is 0 Å². The number of ether oxygens (including phenoxy) is 10. The Labute approximate surface area is 237 Å². The molecule has 10 atom stereocenters. The minimum atomic E-state index is -2.05. The summed E-state index contributed by atoms with van der Waals surface area (Å²) in [7, 11) is 0. The van der Waals surface area contributed by atoms with Gasteiger partial charge in [-0.15, -0.1) is 0 Å². The van der Waals surface area contributed by atoms with Gasteiger partial charge in [0.2, 0.25) is 0 Å². The van der Waals surface area contributed by atoms with Crippen LogP contribution in [-0.4, -0.2) is 110 Å². The first-order valence-corrected chi connectivity index (χ1v) is 13.4. The summed E-state index contributed by atoms with van der Waals surface area (Å²) in [5.74, 6) is -4.00. The van der Waals surface area contributed by atoms with Crippen LogP contribution in [0.25, 0.3) is 0 Å². The van der Waals surface area contributed by atoms with E-state index in [0.29, 0.717) is 0 Å². The molecule has 0 aromatic rings. The van der Waals surface area contributed by atoms with Crippen molar-refractivity contribution in [1.82, 2.24) is 0 Å². The van der Waals surface area contributed by atoms with Crippen molar-refractivity contribution in [1.29, 1.82) is 0 Å². The molecule has 0 radical (unpaired) electrons. The monoisotopic (exact) mass is 591 g/mol. The second-order valence-corrected chi connectivity index (χ2v) is 11.1. The highest BCUT2D eigenvalue weighted by atomic mass is 19.1. The van der Waals surface area contributed by atoms with Gasteiger partial charge in [-0.3, -0.25) is 14.4 Å². The average Bonchev–Trinajstić information content (AvgIpc) is 3.33. The number of hydrogen-bond donors (Lipinski definition) is 0. The minimum Gasteiger partial charge on any atom is -0.478 e. The maximum atomic E-state index is 15.6. The van der Waals surface area contributed by atoms with Crippen molar-refractivity contribution in [2.45, 2.75) is 128 Å². The SMILES string of the molecule is CC(=O)OC[C@H]1O[C@H](/N=C(/C)OC[C@H]2O[C@@H]3OC(C)(C)O[C@@H]3[C@H]3OC(C)(C)O[C@H]32)[C@H](F)[C@@H](OC(C)=O)[C@H]1OC(C)=O. The molecule has 15 heteroatoms. The number of nitrogens with zero attached hydrogens (tertiary/aromatic N) is 1. The van der Waals surface area contributed by atoms with Gasteiger partial charge in [-0.05, 0) is 27.7 Å². The molecule has 0 saturated carbocycles. The highest BCUT2D eigenvalue weighted by Gasteiger charge is 2.61. The van der Waals surface area contributed by atoms with E-state index in [1.165, 1.54) is 13.8 Å². The van der Waals surface area contributed by atoms with E-state index in [-0.39, 0.29) is 12.5 Å². The van der Waals surface area contributed by atoms with Gasteiger partial charge in [-0.2, -0.15) is 0 Å². The van der Waals surface area contributed by atoms with Crippen LogP contribution >= 0.6 is 0 Å². The van der Waals surface area contributed by atoms with Crippen molar-refractivity contribution < 1.29 is 66.1 Å². The molecule has 4 aliphatic rings. The van der Waals surface area contributed by atoms with Gasteiger partial charge in [0.05, 0.1) is 0 Å². The Kier molecular flexibility index (Phi) is 9.26. The van der Waals surface area contributed by atoms with E-state index >= 15 is 4.39 Å². The molecule has 4 aliphatic heterocycles. The van der Waals surface area contributed by atoms with Crippen molar-refractivity contribution in [2.24, 2.45) is 4.99 Å². The number of halogens is 1. The Morgan fingerprint density at radius 1 is 0.707 bits per heavy atom. The smallest absolute Gasteiger partial charge is 0.303 e. The molecule has 0 unspecified atom stereocenters. The third-order valence-electron chi connectivity index (χ3n) is 6.66. The zero-order valence-electron chi connectivity index (χ0n) is 24.3. The molecular formula is C26H38FNO13. The second-order valence-electron chi connectivity index (χ2n) is 11.1. The topological polar surface area (TPSA) is 156 Å². The molecule has 0 aliphatic carbocycles. The molecule has 14 nitrogen and oxygen atoms in total. The molecular weight excluding hydrogens is 553 g/mol. The van der Waals surface area contributed by atoms with Crippen LogP contribution in [0.4, 0.5) is 4.39 Å². The quantitative estimate of drug-likeness (QED) is 0.181. The Bertz CT molecular complexity index is 1030. The average molecular weight is 592 g/mol. The van der Waals surface area contributed by atoms with Crippen molar-refractivity contribution in [3.05, 3.63) is 0 Å². The molecule has 0 N–H and O–H groups in total. The lowest BCUT2D eigenvalue weighted by molar-refractivity contribution is -0.239. The third kappa shape index (κ3) is 7.51. The molecule has 0 amide bonds. The van der Waals surface area contributed by atoms with Gasteiger partial charge in [0, 0.05) is 27.7 Å². The van der Waals surface area contributed by atoms with Gasteiger partial charge in [0.15, 0.2) is 48.4 Å². The summed E-state index contributed by atoms with van der Waals surface area (Å²) in [4.78, 5) is 39.1. The molecule has 232 valence electrons. The van der Waals surface area contributed by atoms with E-state index in [0.717, 1.165) is 13.8 Å². The lowest BCUT2D eigenvalue weighted by Gasteiger charge is -2.41. The summed E-state index contributed by atoms with van der Waals surface area (Å²) < 4.78 is 72.6. The van der Waals surface area contributed by atoms with E-state index in [1.54, 1.807) is 27.7 Å². The maximum Gasteiger partial charge on any atom is 0.303 e. The van der Waals surface area contributed by atoms with Crippen LogP contribution in [0.5, 0.6) is 0 Å². The van der Waals surface area contributed by atoms with Crippen molar-refractivity contribution in [2.75, 3.05) is 13.2 Å². The summed E-state index contributed by atoms with van der Waals surface area (Å²) in [6.45, 7) is 11.5. The lowest BCUT2D eigenvalue weighted by Crippen LogP contribution is -2.59. The molecule has 4 heterocycles. The Balaban J connectivity index is 1.48. The van der Waals surface area contributed by atoms with Gasteiger partial charge in [0.25, 0.3) is 0 Å². The van der Waals surface area contributed by atoms with Crippen LogP contribution in [0, 0.1) is 0 Å². The van der Waals surface area contributed by atoms with E-state index in [2.05, 4.69) is 4.99 Å². The van der Waals surface area contributed by atoms with Gasteiger partial charge in [-0.1, -0.05) is 0 Å². The van der Waals surface area contributed by atoms with E-state index in [9.17, 15) is 14.4 Å². The first-order chi connectivity index (χ1) is 19.0. The van der Waals surface area contributed by atoms with Crippen LogP contribution in [0.1, 0.15) is 55.4 Å². The van der Waals surface area contributed by atoms with E-state index in [1.807, 2.05) is 0 Å². The predicted molar refractivity (Wildman–Crippen MR) is 133 cm³/mol. The number of hydrogen-bond acceptors (Lipinski definition) is 14. The molecule has 0 aromatic heterocycles. The maximum absolute atomic E-state index is 15.6. The standard InChI is InChI=1S/C26H38FNO13/c1-11(32-9-16-19-21(39-25(5,6)38-19)22-24(37-16)41-26(7,8)40-22)28-23-17(27)20(35-14(4)31)18(34-13(3)30)15(36-23)10-33-12(2)29/h15-24H,9-10H2,1-8H3/b28-11-/t15-,16-,17-,18+,19+,20-,21+,22-,23+,24-/m1/s1. The minimum absolute atomic E-state index is 0.0146. The molecule has 4 fully saturated rings. The van der Waals surface area contributed by atoms with Crippen molar-refractivity contribution in [3.63, 3.8) is 0 Å². The zero-order chi connectivity index (χ0) is 30.3. The normalized spacial score (nSPS) is 39.3. The number of aliphatic imine (C=N–C) groups is 1. The van der Waals surface area contributed by atoms with Crippen LogP contribution in [0.2, 0.25) is 0 Å². The number of rotatable bonds is 7. The number of esters is 3. The van der Waals surface area contributed by atoms with Crippen LogP contribution in [-0.2, 0) is 61.8 Å². The molecule has 0 bridgehead atoms. The first kappa shape index (κ1) is 31.5. The first-order valence-electron chi connectivity index (χ1n) is 13.4. The molecule has 4 rings (SSSR count). The van der Waals surface area contributed by atoms with E-state index < -0.39 is 97.5 Å². The fourth-order valence-corrected chi connectivity index (χ4v) is 5.23. The Morgan fingerprint density at radius 2 is 1.27 bits per heavy atom. The summed E-state index contributed by atoms with van der Waals surface area (Å²) in [5, 5.41) is 0. The number of carbonyl (C=O) groups is 3. The number of alkyl halides is 1. The van der Waals surface area contributed by atoms with Crippen molar-refractivity contribution >= 4 is 23.8 Å². The summed E-state index contributed by atoms with van der Waals surface area (Å²) in [6, 6.07) is 0. The predicted octanol–water partition coefficient (Wildman–Crippen LogP) is 1.31. The summed E-state index contributed by atoms with van der Waals surface area (Å²) >= 11 is 0. The second kappa shape index (κ2) is 12.1. The Morgan fingerprint density at radius 3 is 1.90 bits per heavy atom. The third-order valence-corrected chi connectivity index (χ3v) is 6.66. The van der Waals surface area contributed by atoms with Crippen LogP contribution in [0.3, 0.4) is 0 Å². The highest BCUT2D eigenvalue weighted by Crippen LogP contribution is 2.44. The summed E-state index contributed by atoms with van der Waals surface area (Å²) in [5.41, 5.74) is 0. The van der Waals surface area contributed by atoms with Gasteiger partial charge in [0.1, 0.15) is 43.7 Å². The zero-order valence-corrected chi connectivity index (χ0v) is 24.3. The number of carbonyl (C=O) groups excluding carboxylic acids is 3. The molecule has 41 heavy (non-hydrogen) atoms. The summed E-state index contributed by atoms with van der Waals surface area (Å²) in [6.07, 6.45) is -10.7.